The lowest BCUT2D eigenvalue weighted by molar-refractivity contribution is 0.0315. The first-order chi connectivity index (χ1) is 12.2. The Hall–Kier alpha value is -1.24. The van der Waals surface area contributed by atoms with Crippen molar-refractivity contribution in [3.63, 3.8) is 0 Å². The first-order valence-corrected chi connectivity index (χ1v) is 10.6. The Balaban J connectivity index is 1.68. The average Bonchev–Trinajstić information content (AvgIpc) is 3.00. The third kappa shape index (κ3) is 2.83. The predicted octanol–water partition coefficient (Wildman–Crippen LogP) is 3.63. The minimum absolute atomic E-state index is 0.0257. The largest absolute Gasteiger partial charge is 0.598 e. The molecule has 1 aromatic rings. The first kappa shape index (κ1) is 18.1. The summed E-state index contributed by atoms with van der Waals surface area (Å²) in [7, 11) is 0. The van der Waals surface area contributed by atoms with Crippen molar-refractivity contribution in [1.82, 2.24) is 9.62 Å². The van der Waals surface area contributed by atoms with E-state index in [2.05, 4.69) is 22.9 Å². The van der Waals surface area contributed by atoms with Crippen molar-refractivity contribution in [2.75, 3.05) is 0 Å². The minimum Gasteiger partial charge on any atom is -0.598 e. The van der Waals surface area contributed by atoms with Crippen LogP contribution >= 0.6 is 0 Å². The molecule has 6 heteroatoms. The standard InChI is InChI=1S/C20H28N2O3S/c1-19(2,3)26(25)21-17-16-7-5-4-6-13(16)10-20(17)11-14-8-9-15(12-20)22(14)18(23)24/h4-7,14-15,17,21H,8-12H2,1-3H3,(H,23,24)/t14?,15?,17-,20?,26?/m1/s1. The SMILES string of the molecule is CC(C)(C)[S+]([O-])N[C@@H]1c2ccccc2CC12CC1CCC(C2)N1C(=O)O. The summed E-state index contributed by atoms with van der Waals surface area (Å²) in [6, 6.07) is 8.64. The molecule has 1 aromatic carbocycles. The van der Waals surface area contributed by atoms with Gasteiger partial charge in [0.2, 0.25) is 0 Å². The number of hydrogen-bond donors (Lipinski definition) is 2. The molecule has 2 bridgehead atoms. The second-order valence-electron chi connectivity index (χ2n) is 9.15. The fraction of sp³-hybridized carbons (Fsp3) is 0.650. The van der Waals surface area contributed by atoms with Gasteiger partial charge in [-0.3, -0.25) is 0 Å². The lowest BCUT2D eigenvalue weighted by Gasteiger charge is -2.47. The van der Waals surface area contributed by atoms with E-state index in [1.807, 2.05) is 26.8 Å². The van der Waals surface area contributed by atoms with E-state index in [-0.39, 0.29) is 28.3 Å². The van der Waals surface area contributed by atoms with Crippen LogP contribution in [0.25, 0.3) is 0 Å². The summed E-state index contributed by atoms with van der Waals surface area (Å²) in [6.45, 7) is 5.96. The van der Waals surface area contributed by atoms with E-state index in [0.29, 0.717) is 0 Å². The van der Waals surface area contributed by atoms with E-state index in [4.69, 9.17) is 0 Å². The summed E-state index contributed by atoms with van der Waals surface area (Å²) in [6.07, 6.45) is 3.76. The Labute approximate surface area is 158 Å². The van der Waals surface area contributed by atoms with Crippen LogP contribution in [0.15, 0.2) is 24.3 Å². The summed E-state index contributed by atoms with van der Waals surface area (Å²) in [5, 5.41) is 9.60. The van der Waals surface area contributed by atoms with Crippen molar-refractivity contribution in [3.05, 3.63) is 35.4 Å². The van der Waals surface area contributed by atoms with Gasteiger partial charge in [-0.25, -0.2) is 4.79 Å². The quantitative estimate of drug-likeness (QED) is 0.773. The van der Waals surface area contributed by atoms with Crippen molar-refractivity contribution in [2.45, 2.75) is 75.7 Å². The van der Waals surface area contributed by atoms with Crippen LogP contribution in [0.3, 0.4) is 0 Å². The molecule has 1 aliphatic carbocycles. The van der Waals surface area contributed by atoms with Crippen molar-refractivity contribution < 1.29 is 14.5 Å². The Morgan fingerprint density at radius 2 is 1.88 bits per heavy atom. The third-order valence-corrected chi connectivity index (χ3v) is 7.99. The van der Waals surface area contributed by atoms with Crippen molar-refractivity contribution in [2.24, 2.45) is 5.41 Å². The molecule has 1 spiro atoms. The van der Waals surface area contributed by atoms with Gasteiger partial charge in [-0.2, -0.15) is 0 Å². The van der Waals surface area contributed by atoms with Gasteiger partial charge in [0, 0.05) is 28.9 Å². The smallest absolute Gasteiger partial charge is 0.407 e. The normalized spacial score (nSPS) is 34.2. The molecule has 2 aliphatic heterocycles. The molecule has 3 unspecified atom stereocenters. The molecule has 2 saturated heterocycles. The number of nitrogens with one attached hydrogen (secondary N) is 1. The molecule has 0 aromatic heterocycles. The molecule has 0 radical (unpaired) electrons. The van der Waals surface area contributed by atoms with Gasteiger partial charge in [0.25, 0.3) is 0 Å². The highest BCUT2D eigenvalue weighted by Crippen LogP contribution is 2.57. The summed E-state index contributed by atoms with van der Waals surface area (Å²) in [5.41, 5.74) is 2.52. The molecule has 0 saturated carbocycles. The fourth-order valence-electron chi connectivity index (χ4n) is 5.34. The van der Waals surface area contributed by atoms with Crippen LogP contribution in [0.2, 0.25) is 0 Å². The Morgan fingerprint density at radius 3 is 2.46 bits per heavy atom. The number of carbonyl (C=O) groups is 1. The first-order valence-electron chi connectivity index (χ1n) is 9.48. The Bertz CT molecular complexity index is 703. The van der Waals surface area contributed by atoms with E-state index < -0.39 is 17.5 Å². The molecule has 3 aliphatic rings. The van der Waals surface area contributed by atoms with E-state index >= 15 is 0 Å². The molecule has 2 fully saturated rings. The lowest BCUT2D eigenvalue weighted by Crippen LogP contribution is -2.54. The van der Waals surface area contributed by atoms with Gasteiger partial charge in [-0.15, -0.1) is 4.72 Å². The zero-order valence-corrected chi connectivity index (χ0v) is 16.5. The van der Waals surface area contributed by atoms with E-state index in [1.54, 1.807) is 4.90 Å². The topological polar surface area (TPSA) is 75.6 Å². The molecule has 5 nitrogen and oxygen atoms in total. The number of carboxylic acid groups (broad SMARTS) is 1. The molecule has 4 atom stereocenters. The van der Waals surface area contributed by atoms with Crippen molar-refractivity contribution in [1.29, 1.82) is 0 Å². The number of hydrogen-bond acceptors (Lipinski definition) is 3. The van der Waals surface area contributed by atoms with E-state index in [1.165, 1.54) is 11.1 Å². The zero-order valence-electron chi connectivity index (χ0n) is 15.7. The van der Waals surface area contributed by atoms with Crippen LogP contribution in [-0.4, -0.2) is 37.5 Å². The van der Waals surface area contributed by atoms with E-state index in [0.717, 1.165) is 32.1 Å². The van der Waals surface area contributed by atoms with Gasteiger partial charge in [0.1, 0.15) is 4.75 Å². The number of piperidine rings is 1. The van der Waals surface area contributed by atoms with Crippen LogP contribution in [0, 0.1) is 5.41 Å². The number of benzene rings is 1. The number of nitrogens with zero attached hydrogens (tertiary/aromatic N) is 1. The minimum atomic E-state index is -1.16. The van der Waals surface area contributed by atoms with Gasteiger partial charge < -0.3 is 14.6 Å². The summed E-state index contributed by atoms with van der Waals surface area (Å²) in [5.74, 6) is 0. The second-order valence-corrected chi connectivity index (χ2v) is 11.2. The van der Waals surface area contributed by atoms with Gasteiger partial charge in [0.15, 0.2) is 0 Å². The van der Waals surface area contributed by atoms with Gasteiger partial charge in [0.05, 0.1) is 6.04 Å². The predicted molar refractivity (Wildman–Crippen MR) is 102 cm³/mol. The summed E-state index contributed by atoms with van der Waals surface area (Å²) >= 11 is -1.16. The Kier molecular flexibility index (Phi) is 4.29. The number of fused-ring (bicyclic) bond motifs is 3. The van der Waals surface area contributed by atoms with Crippen LogP contribution in [0.5, 0.6) is 0 Å². The maximum atomic E-state index is 12.9. The highest BCUT2D eigenvalue weighted by Gasteiger charge is 2.57. The van der Waals surface area contributed by atoms with Crippen LogP contribution in [0.4, 0.5) is 4.79 Å². The van der Waals surface area contributed by atoms with Crippen molar-refractivity contribution in [3.8, 4) is 0 Å². The van der Waals surface area contributed by atoms with Crippen LogP contribution < -0.4 is 4.72 Å². The molecule has 26 heavy (non-hydrogen) atoms. The molecule has 2 heterocycles. The highest BCUT2D eigenvalue weighted by atomic mass is 32.2. The van der Waals surface area contributed by atoms with Gasteiger partial charge >= 0.3 is 6.09 Å². The maximum Gasteiger partial charge on any atom is 0.407 e. The maximum absolute atomic E-state index is 12.9. The lowest BCUT2D eigenvalue weighted by atomic mass is 9.70. The zero-order chi connectivity index (χ0) is 18.7. The molecular formula is C20H28N2O3S. The average molecular weight is 377 g/mol. The van der Waals surface area contributed by atoms with Gasteiger partial charge in [-0.05, 0) is 64.0 Å². The monoisotopic (exact) mass is 376 g/mol. The molecule has 4 rings (SSSR count). The third-order valence-electron chi connectivity index (χ3n) is 6.43. The van der Waals surface area contributed by atoms with E-state index in [9.17, 15) is 14.5 Å². The second kappa shape index (κ2) is 6.14. The summed E-state index contributed by atoms with van der Waals surface area (Å²) in [4.78, 5) is 13.4. The molecular weight excluding hydrogens is 348 g/mol. The molecule has 2 N–H and O–H groups in total. The summed E-state index contributed by atoms with van der Waals surface area (Å²) < 4.78 is 16.0. The highest BCUT2D eigenvalue weighted by molar-refractivity contribution is 7.90. The van der Waals surface area contributed by atoms with Crippen LogP contribution in [0.1, 0.15) is 63.6 Å². The van der Waals surface area contributed by atoms with Gasteiger partial charge in [-0.1, -0.05) is 24.3 Å². The fourth-order valence-corrected chi connectivity index (χ4v) is 6.28. The molecule has 1 amide bonds. The molecule has 142 valence electrons. The number of rotatable bonds is 2. The number of amides is 1. The Morgan fingerprint density at radius 1 is 1.27 bits per heavy atom. The van der Waals surface area contributed by atoms with Crippen molar-refractivity contribution >= 4 is 17.5 Å². The van der Waals surface area contributed by atoms with Crippen LogP contribution in [-0.2, 0) is 17.8 Å².